The lowest BCUT2D eigenvalue weighted by atomic mass is 10.2. The van der Waals surface area contributed by atoms with Gasteiger partial charge in [0.05, 0.1) is 0 Å². The number of hydrogen-bond acceptors (Lipinski definition) is 3. The molecule has 5 heteroatoms. The molecule has 4 aromatic rings. The maximum Gasteiger partial charge on any atom is 0.197 e. The van der Waals surface area contributed by atoms with E-state index >= 15 is 0 Å². The van der Waals surface area contributed by atoms with Crippen LogP contribution in [0.3, 0.4) is 0 Å². The van der Waals surface area contributed by atoms with Crippen LogP contribution in [0.15, 0.2) is 109 Å². The smallest absolute Gasteiger partial charge is 0.197 e. The van der Waals surface area contributed by atoms with Crippen molar-refractivity contribution in [1.82, 2.24) is 0 Å². The fourth-order valence-electron chi connectivity index (χ4n) is 3.29. The van der Waals surface area contributed by atoms with E-state index in [0.717, 1.165) is 34.0 Å². The lowest BCUT2D eigenvalue weighted by Crippen LogP contribution is -2.32. The summed E-state index contributed by atoms with van der Waals surface area (Å²) in [6.45, 7) is 1.00. The lowest BCUT2D eigenvalue weighted by Gasteiger charge is -2.23. The van der Waals surface area contributed by atoms with Crippen molar-refractivity contribution in [1.29, 1.82) is 5.41 Å². The number of anilines is 2. The van der Waals surface area contributed by atoms with Crippen molar-refractivity contribution in [2.24, 2.45) is 5.73 Å². The van der Waals surface area contributed by atoms with Gasteiger partial charge in [0.25, 0.3) is 0 Å². The minimum atomic E-state index is -0.0686. The quantitative estimate of drug-likeness (QED) is 0.274. The third-order valence-electron chi connectivity index (χ3n) is 4.93. The van der Waals surface area contributed by atoms with Crippen LogP contribution in [0.5, 0.6) is 11.5 Å². The first-order valence-corrected chi connectivity index (χ1v) is 10.4. The summed E-state index contributed by atoms with van der Waals surface area (Å²) in [5.41, 5.74) is 9.67. The van der Waals surface area contributed by atoms with Gasteiger partial charge in [0.15, 0.2) is 5.96 Å². The zero-order valence-electron chi connectivity index (χ0n) is 17.6. The molecule has 4 rings (SSSR count). The van der Waals surface area contributed by atoms with Crippen LogP contribution in [0, 0.1) is 5.41 Å². The number of ether oxygens (including phenoxy) is 2. The fraction of sp³-hybridized carbons (Fsp3) is 0.0741. The van der Waals surface area contributed by atoms with Crippen molar-refractivity contribution >= 4 is 17.3 Å². The Balaban J connectivity index is 1.42. The second-order valence-electron chi connectivity index (χ2n) is 7.26. The van der Waals surface area contributed by atoms with Crippen molar-refractivity contribution < 1.29 is 9.47 Å². The Morgan fingerprint density at radius 2 is 0.969 bits per heavy atom. The summed E-state index contributed by atoms with van der Waals surface area (Å²) in [6.07, 6.45) is 0. The molecule has 0 bridgehead atoms. The van der Waals surface area contributed by atoms with Crippen LogP contribution in [-0.2, 0) is 13.2 Å². The molecule has 160 valence electrons. The highest BCUT2D eigenvalue weighted by molar-refractivity contribution is 5.99. The molecule has 32 heavy (non-hydrogen) atoms. The van der Waals surface area contributed by atoms with Gasteiger partial charge in [0.1, 0.15) is 24.7 Å². The van der Waals surface area contributed by atoms with Crippen molar-refractivity contribution in [3.63, 3.8) is 0 Å². The molecule has 3 N–H and O–H groups in total. The number of nitrogens with one attached hydrogen (secondary N) is 1. The van der Waals surface area contributed by atoms with E-state index in [4.69, 9.17) is 20.6 Å². The summed E-state index contributed by atoms with van der Waals surface area (Å²) in [6, 6.07) is 35.1. The van der Waals surface area contributed by atoms with E-state index in [1.807, 2.05) is 109 Å². The SMILES string of the molecule is N=C(N)N(c1ccc(OCc2ccccc2)cc1)c1ccc(OCc2ccccc2)cc1. The normalized spacial score (nSPS) is 10.4. The van der Waals surface area contributed by atoms with E-state index in [1.54, 1.807) is 4.90 Å². The Labute approximate surface area is 188 Å². The van der Waals surface area contributed by atoms with Gasteiger partial charge in [-0.25, -0.2) is 0 Å². The average molecular weight is 424 g/mol. The van der Waals surface area contributed by atoms with E-state index in [1.165, 1.54) is 0 Å². The van der Waals surface area contributed by atoms with E-state index in [-0.39, 0.29) is 5.96 Å². The summed E-state index contributed by atoms with van der Waals surface area (Å²) >= 11 is 0. The molecule has 0 aromatic heterocycles. The van der Waals surface area contributed by atoms with Gasteiger partial charge < -0.3 is 15.2 Å². The van der Waals surface area contributed by atoms with Crippen LogP contribution >= 0.6 is 0 Å². The maximum absolute atomic E-state index is 8.06. The molecule has 0 aliphatic rings. The Kier molecular flexibility index (Phi) is 6.68. The molecule has 0 saturated heterocycles. The zero-order valence-corrected chi connectivity index (χ0v) is 17.6. The van der Waals surface area contributed by atoms with E-state index in [0.29, 0.717) is 13.2 Å². The van der Waals surface area contributed by atoms with Crippen molar-refractivity contribution in [2.75, 3.05) is 4.90 Å². The standard InChI is InChI=1S/C27H25N3O2/c28-27(29)30(23-11-15-25(16-12-23)31-19-21-7-3-1-4-8-21)24-13-17-26(18-14-24)32-20-22-9-5-2-6-10-22/h1-18H,19-20H2,(H3,28,29). The molecule has 0 fully saturated rings. The van der Waals surface area contributed by atoms with Gasteiger partial charge in [-0.2, -0.15) is 0 Å². The predicted octanol–water partition coefficient (Wildman–Crippen LogP) is 5.88. The zero-order chi connectivity index (χ0) is 22.2. The van der Waals surface area contributed by atoms with Crippen LogP contribution in [0.4, 0.5) is 11.4 Å². The Bertz CT molecular complexity index is 1040. The van der Waals surface area contributed by atoms with Gasteiger partial charge in [0, 0.05) is 11.4 Å². The molecule has 0 radical (unpaired) electrons. The number of hydrogen-bond donors (Lipinski definition) is 2. The number of nitrogens with zero attached hydrogens (tertiary/aromatic N) is 1. The van der Waals surface area contributed by atoms with Gasteiger partial charge >= 0.3 is 0 Å². The summed E-state index contributed by atoms with van der Waals surface area (Å²) in [4.78, 5) is 1.67. The summed E-state index contributed by atoms with van der Waals surface area (Å²) < 4.78 is 11.7. The van der Waals surface area contributed by atoms with Crippen LogP contribution in [0.2, 0.25) is 0 Å². The molecule has 0 atom stereocenters. The summed E-state index contributed by atoms with van der Waals surface area (Å²) in [5.74, 6) is 1.44. The predicted molar refractivity (Wildman–Crippen MR) is 128 cm³/mol. The Morgan fingerprint density at radius 3 is 1.31 bits per heavy atom. The van der Waals surface area contributed by atoms with Crippen LogP contribution in [0.25, 0.3) is 0 Å². The van der Waals surface area contributed by atoms with Gasteiger partial charge in [-0.15, -0.1) is 0 Å². The minimum absolute atomic E-state index is 0.0686. The van der Waals surface area contributed by atoms with Crippen molar-refractivity contribution in [3.05, 3.63) is 120 Å². The fourth-order valence-corrected chi connectivity index (χ4v) is 3.29. The van der Waals surface area contributed by atoms with Gasteiger partial charge in [-0.05, 0) is 59.7 Å². The largest absolute Gasteiger partial charge is 0.489 e. The van der Waals surface area contributed by atoms with Gasteiger partial charge in [0.2, 0.25) is 0 Å². The van der Waals surface area contributed by atoms with Gasteiger partial charge in [-0.3, -0.25) is 10.3 Å². The van der Waals surface area contributed by atoms with Crippen molar-refractivity contribution in [3.8, 4) is 11.5 Å². The second-order valence-corrected chi connectivity index (χ2v) is 7.26. The first-order valence-electron chi connectivity index (χ1n) is 10.4. The van der Waals surface area contributed by atoms with Crippen LogP contribution in [0.1, 0.15) is 11.1 Å². The highest BCUT2D eigenvalue weighted by atomic mass is 16.5. The van der Waals surface area contributed by atoms with E-state index in [2.05, 4.69) is 0 Å². The number of benzene rings is 4. The Morgan fingerprint density at radius 1 is 0.594 bits per heavy atom. The van der Waals surface area contributed by atoms with Crippen LogP contribution in [-0.4, -0.2) is 5.96 Å². The first kappa shape index (κ1) is 21.0. The third kappa shape index (κ3) is 5.46. The van der Waals surface area contributed by atoms with Crippen LogP contribution < -0.4 is 20.1 Å². The summed E-state index contributed by atoms with van der Waals surface area (Å²) in [7, 11) is 0. The maximum atomic E-state index is 8.06. The molecule has 0 saturated carbocycles. The topological polar surface area (TPSA) is 71.6 Å². The number of rotatable bonds is 8. The molecule has 4 aromatic carbocycles. The Hall–Kier alpha value is -4.25. The molecular formula is C27H25N3O2. The molecular weight excluding hydrogens is 398 g/mol. The van der Waals surface area contributed by atoms with E-state index in [9.17, 15) is 0 Å². The van der Waals surface area contributed by atoms with Gasteiger partial charge in [-0.1, -0.05) is 60.7 Å². The second kappa shape index (κ2) is 10.2. The lowest BCUT2D eigenvalue weighted by molar-refractivity contribution is 0.306. The van der Waals surface area contributed by atoms with Crippen molar-refractivity contribution in [2.45, 2.75) is 13.2 Å². The molecule has 0 heterocycles. The van der Waals surface area contributed by atoms with E-state index < -0.39 is 0 Å². The first-order chi connectivity index (χ1) is 15.7. The average Bonchev–Trinajstić information content (AvgIpc) is 2.84. The summed E-state index contributed by atoms with van der Waals surface area (Å²) in [5, 5.41) is 8.06. The monoisotopic (exact) mass is 423 g/mol. The molecule has 0 amide bonds. The molecule has 0 aliphatic carbocycles. The number of guanidine groups is 1. The minimum Gasteiger partial charge on any atom is -0.489 e. The highest BCUT2D eigenvalue weighted by Crippen LogP contribution is 2.29. The molecule has 0 unspecified atom stereocenters. The molecule has 0 aliphatic heterocycles. The number of nitrogens with two attached hydrogens (primary N) is 1. The molecule has 0 spiro atoms. The molecule has 5 nitrogen and oxygen atoms in total. The highest BCUT2D eigenvalue weighted by Gasteiger charge is 2.13. The third-order valence-corrected chi connectivity index (χ3v) is 4.93.